The summed E-state index contributed by atoms with van der Waals surface area (Å²) in [7, 11) is 0. The Bertz CT molecular complexity index is 1060. The van der Waals surface area contributed by atoms with Crippen LogP contribution in [0.25, 0.3) is 5.69 Å². The van der Waals surface area contributed by atoms with Crippen molar-refractivity contribution in [2.75, 3.05) is 24.7 Å². The Labute approximate surface area is 189 Å². The molecule has 31 heavy (non-hydrogen) atoms. The molecule has 0 spiro atoms. The first kappa shape index (κ1) is 21.4. The number of piperidine rings is 1. The maximum absolute atomic E-state index is 13.3. The van der Waals surface area contributed by atoms with Gasteiger partial charge in [-0.2, -0.15) is 0 Å². The predicted octanol–water partition coefficient (Wildman–Crippen LogP) is 4.13. The molecule has 0 radical (unpaired) electrons. The summed E-state index contributed by atoms with van der Waals surface area (Å²) in [6.07, 6.45) is 6.26. The number of anilines is 1. The zero-order valence-electron chi connectivity index (χ0n) is 17.0. The minimum atomic E-state index is -0.165. The Hall–Kier alpha value is -2.84. The molecule has 9 heteroatoms. The highest BCUT2D eigenvalue weighted by molar-refractivity contribution is 7.98. The molecule has 2 amide bonds. The van der Waals surface area contributed by atoms with Gasteiger partial charge in [0.1, 0.15) is 11.5 Å². The van der Waals surface area contributed by atoms with Gasteiger partial charge in [-0.1, -0.05) is 41.6 Å². The summed E-state index contributed by atoms with van der Waals surface area (Å²) in [5, 5.41) is 4.11. The third-order valence-corrected chi connectivity index (χ3v) is 6.15. The molecule has 160 valence electrons. The lowest BCUT2D eigenvalue weighted by molar-refractivity contribution is -0.121. The van der Waals surface area contributed by atoms with E-state index in [1.165, 1.54) is 18.0 Å². The topological polar surface area (TPSA) is 80.1 Å². The minimum absolute atomic E-state index is 0.0742. The average Bonchev–Trinajstić information content (AvgIpc) is 3.25. The molecule has 1 aliphatic rings. The van der Waals surface area contributed by atoms with Crippen molar-refractivity contribution in [2.24, 2.45) is 5.92 Å². The molecule has 3 aromatic rings. The number of likely N-dealkylation sites (tertiary alicyclic amines) is 1. The lowest BCUT2D eigenvalue weighted by Crippen LogP contribution is -2.42. The van der Waals surface area contributed by atoms with Crippen LogP contribution in [-0.2, 0) is 4.79 Å². The fraction of sp³-hybridized carbons (Fsp3) is 0.273. The normalized spacial score (nSPS) is 14.5. The van der Waals surface area contributed by atoms with E-state index >= 15 is 0 Å². The van der Waals surface area contributed by atoms with Gasteiger partial charge >= 0.3 is 0 Å². The van der Waals surface area contributed by atoms with Crippen LogP contribution < -0.4 is 5.32 Å². The maximum atomic E-state index is 13.3. The molecule has 1 fully saturated rings. The van der Waals surface area contributed by atoms with Gasteiger partial charge in [0.25, 0.3) is 5.91 Å². The number of para-hydroxylation sites is 1. The van der Waals surface area contributed by atoms with Crippen LogP contribution in [0.3, 0.4) is 0 Å². The second-order valence-corrected chi connectivity index (χ2v) is 8.43. The number of carbonyl (C=O) groups is 2. The number of nitrogens with one attached hydrogen (secondary N) is 1. The van der Waals surface area contributed by atoms with E-state index in [0.29, 0.717) is 42.5 Å². The van der Waals surface area contributed by atoms with Crippen molar-refractivity contribution in [1.82, 2.24) is 19.4 Å². The number of halogens is 1. The van der Waals surface area contributed by atoms with E-state index in [-0.39, 0.29) is 17.7 Å². The molecular weight excluding hydrogens is 434 g/mol. The van der Waals surface area contributed by atoms with Crippen LogP contribution in [-0.4, -0.2) is 50.6 Å². The summed E-state index contributed by atoms with van der Waals surface area (Å²) in [4.78, 5) is 36.2. The van der Waals surface area contributed by atoms with Gasteiger partial charge in [-0.3, -0.25) is 14.2 Å². The minimum Gasteiger partial charge on any atom is -0.337 e. The number of aromatic nitrogens is 3. The molecule has 0 atom stereocenters. The third-order valence-electron chi connectivity index (χ3n) is 5.28. The van der Waals surface area contributed by atoms with Crippen LogP contribution in [0.15, 0.2) is 60.0 Å². The van der Waals surface area contributed by atoms with Gasteiger partial charge < -0.3 is 10.2 Å². The van der Waals surface area contributed by atoms with Crippen LogP contribution >= 0.6 is 23.4 Å². The van der Waals surface area contributed by atoms with Gasteiger partial charge in [0.05, 0.1) is 11.2 Å². The molecule has 1 aromatic carbocycles. The van der Waals surface area contributed by atoms with E-state index in [2.05, 4.69) is 15.3 Å². The highest BCUT2D eigenvalue weighted by Gasteiger charge is 2.30. The number of imidazole rings is 1. The van der Waals surface area contributed by atoms with Crippen molar-refractivity contribution in [3.8, 4) is 5.69 Å². The number of benzene rings is 1. The lowest BCUT2D eigenvalue weighted by Gasteiger charge is -2.31. The Morgan fingerprint density at radius 1 is 1.06 bits per heavy atom. The van der Waals surface area contributed by atoms with Crippen LogP contribution in [0.4, 0.5) is 5.82 Å². The van der Waals surface area contributed by atoms with Gasteiger partial charge in [-0.15, -0.1) is 0 Å². The van der Waals surface area contributed by atoms with Crippen LogP contribution in [0, 0.1) is 5.92 Å². The monoisotopic (exact) mass is 455 g/mol. The Balaban J connectivity index is 1.42. The standard InChI is InChI=1S/C22H22ClN5O2S/c1-31-22-25-14-18(28(22)17-5-3-2-4-6-17)21(30)27-11-9-15(10-12-27)20(29)26-19-8-7-16(23)13-24-19/h2-8,13-15H,9-12H2,1H3,(H,24,26,29). The molecule has 0 aliphatic carbocycles. The average molecular weight is 456 g/mol. The fourth-order valence-electron chi connectivity index (χ4n) is 3.64. The highest BCUT2D eigenvalue weighted by Crippen LogP contribution is 2.25. The first-order chi connectivity index (χ1) is 15.1. The largest absolute Gasteiger partial charge is 0.337 e. The zero-order valence-corrected chi connectivity index (χ0v) is 18.6. The zero-order chi connectivity index (χ0) is 21.8. The summed E-state index contributed by atoms with van der Waals surface area (Å²) >= 11 is 7.33. The van der Waals surface area contributed by atoms with Crippen LogP contribution in [0.5, 0.6) is 0 Å². The lowest BCUT2D eigenvalue weighted by atomic mass is 9.95. The second-order valence-electron chi connectivity index (χ2n) is 7.22. The molecule has 1 N–H and O–H groups in total. The van der Waals surface area contributed by atoms with E-state index in [0.717, 1.165) is 10.8 Å². The number of hydrogen-bond acceptors (Lipinski definition) is 5. The van der Waals surface area contributed by atoms with Gasteiger partial charge in [0, 0.05) is 30.9 Å². The number of carbonyl (C=O) groups excluding carboxylic acids is 2. The molecule has 0 unspecified atom stereocenters. The van der Waals surface area contributed by atoms with Crippen LogP contribution in [0.1, 0.15) is 23.3 Å². The summed E-state index contributed by atoms with van der Waals surface area (Å²) < 4.78 is 1.89. The molecule has 1 saturated heterocycles. The van der Waals surface area contributed by atoms with Gasteiger partial charge in [-0.05, 0) is 43.4 Å². The summed E-state index contributed by atoms with van der Waals surface area (Å²) in [6.45, 7) is 1.03. The molecule has 0 saturated carbocycles. The van der Waals surface area contributed by atoms with Gasteiger partial charge in [0.2, 0.25) is 5.91 Å². The summed E-state index contributed by atoms with van der Waals surface area (Å²) in [5.74, 6) is 0.155. The number of amides is 2. The highest BCUT2D eigenvalue weighted by atomic mass is 35.5. The van der Waals surface area contributed by atoms with Crippen molar-refractivity contribution in [3.05, 3.63) is 65.6 Å². The molecular formula is C22H22ClN5O2S. The van der Waals surface area contributed by atoms with E-state index < -0.39 is 0 Å². The third kappa shape index (κ3) is 4.75. The Morgan fingerprint density at radius 2 is 1.81 bits per heavy atom. The molecule has 7 nitrogen and oxygen atoms in total. The quantitative estimate of drug-likeness (QED) is 0.585. The van der Waals surface area contributed by atoms with Crippen molar-refractivity contribution in [2.45, 2.75) is 18.0 Å². The Morgan fingerprint density at radius 3 is 2.45 bits per heavy atom. The first-order valence-electron chi connectivity index (χ1n) is 9.95. The molecule has 4 rings (SSSR count). The molecule has 0 bridgehead atoms. The van der Waals surface area contributed by atoms with E-state index in [1.807, 2.05) is 41.2 Å². The van der Waals surface area contributed by atoms with E-state index in [1.54, 1.807) is 23.2 Å². The summed E-state index contributed by atoms with van der Waals surface area (Å²) in [6, 6.07) is 13.1. The number of hydrogen-bond donors (Lipinski definition) is 1. The first-order valence-corrected chi connectivity index (χ1v) is 11.6. The van der Waals surface area contributed by atoms with Crippen molar-refractivity contribution < 1.29 is 9.59 Å². The molecule has 1 aliphatic heterocycles. The predicted molar refractivity (Wildman–Crippen MR) is 122 cm³/mol. The number of rotatable bonds is 5. The van der Waals surface area contributed by atoms with E-state index in [4.69, 9.17) is 11.6 Å². The SMILES string of the molecule is CSc1ncc(C(=O)N2CCC(C(=O)Nc3ccc(Cl)cn3)CC2)n1-c1ccccc1. The maximum Gasteiger partial charge on any atom is 0.272 e. The van der Waals surface area contributed by atoms with Crippen molar-refractivity contribution in [3.63, 3.8) is 0 Å². The van der Waals surface area contributed by atoms with Crippen molar-refractivity contribution in [1.29, 1.82) is 0 Å². The van der Waals surface area contributed by atoms with Gasteiger partial charge in [-0.25, -0.2) is 9.97 Å². The van der Waals surface area contributed by atoms with Gasteiger partial charge in [0.15, 0.2) is 5.16 Å². The number of pyridine rings is 1. The number of thioether (sulfide) groups is 1. The Kier molecular flexibility index (Phi) is 6.58. The second kappa shape index (κ2) is 9.53. The summed E-state index contributed by atoms with van der Waals surface area (Å²) in [5.41, 5.74) is 1.43. The van der Waals surface area contributed by atoms with Crippen LogP contribution in [0.2, 0.25) is 5.02 Å². The molecule has 3 heterocycles. The fourth-order valence-corrected chi connectivity index (χ4v) is 4.30. The van der Waals surface area contributed by atoms with E-state index in [9.17, 15) is 9.59 Å². The van der Waals surface area contributed by atoms with Crippen molar-refractivity contribution >= 4 is 41.0 Å². The number of nitrogens with zero attached hydrogens (tertiary/aromatic N) is 4. The molecule has 2 aromatic heterocycles. The smallest absolute Gasteiger partial charge is 0.272 e.